The molecule has 1 atom stereocenters. The Morgan fingerprint density at radius 3 is 2.86 bits per heavy atom. The summed E-state index contributed by atoms with van der Waals surface area (Å²) in [6.45, 7) is 0.611. The van der Waals surface area contributed by atoms with Gasteiger partial charge >= 0.3 is 5.97 Å². The Labute approximate surface area is 126 Å². The zero-order chi connectivity index (χ0) is 15.9. The van der Waals surface area contributed by atoms with E-state index in [0.29, 0.717) is 18.5 Å². The molecule has 0 spiro atoms. The van der Waals surface area contributed by atoms with Crippen molar-refractivity contribution in [1.82, 2.24) is 10.0 Å². The molecule has 7 heteroatoms. The first-order chi connectivity index (χ1) is 10.5. The van der Waals surface area contributed by atoms with Crippen LogP contribution in [0.1, 0.15) is 18.4 Å². The van der Waals surface area contributed by atoms with E-state index in [-0.39, 0.29) is 12.3 Å². The lowest BCUT2D eigenvalue weighted by molar-refractivity contribution is -0.155. The number of aliphatic carboxylic acids is 1. The van der Waals surface area contributed by atoms with Gasteiger partial charge in [0.05, 0.1) is 12.6 Å². The number of carbonyl (C=O) groups is 2. The molecule has 2 aliphatic heterocycles. The highest BCUT2D eigenvalue weighted by Gasteiger charge is 2.44. The monoisotopic (exact) mass is 306 g/mol. The number of carbonyl (C=O) groups excluding carboxylic acids is 1. The smallest absolute Gasteiger partial charge is 0.344 e. The number of amides is 1. The molecule has 22 heavy (non-hydrogen) atoms. The minimum atomic E-state index is -1.45. The molecule has 0 saturated carbocycles. The number of rotatable bonds is 3. The first-order valence-corrected chi connectivity index (χ1v) is 6.98. The van der Waals surface area contributed by atoms with Gasteiger partial charge in [-0.1, -0.05) is 12.1 Å². The molecule has 1 aromatic carbocycles. The quantitative estimate of drug-likeness (QED) is 0.826. The lowest BCUT2D eigenvalue weighted by Gasteiger charge is -2.39. The summed E-state index contributed by atoms with van der Waals surface area (Å²) >= 11 is 0. The van der Waals surface area contributed by atoms with Crippen LogP contribution in [0.3, 0.4) is 0 Å². The molecular formula is C15H15FN2O4. The summed E-state index contributed by atoms with van der Waals surface area (Å²) in [5.41, 5.74) is -0.0373. The average molecular weight is 306 g/mol. The number of aliphatic hydroxyl groups is 1. The van der Waals surface area contributed by atoms with E-state index < -0.39 is 29.3 Å². The number of halogens is 1. The SMILES string of the molecule is O=C(O)C1=C(O)C2CCCN2N(Cc2cccc(F)c2)C1=O. The standard InChI is InChI=1S/C15H15FN2O4/c16-10-4-1-3-9(7-10)8-18-14(20)12(15(21)22)13(19)11-5-2-6-17(11)18/h1,3-4,7,11,19H,2,5-6,8H2,(H,21,22). The van der Waals surface area contributed by atoms with Crippen molar-refractivity contribution in [3.8, 4) is 0 Å². The molecule has 1 fully saturated rings. The van der Waals surface area contributed by atoms with Gasteiger partial charge in [-0.3, -0.25) is 9.80 Å². The fourth-order valence-electron chi connectivity index (χ4n) is 3.01. The van der Waals surface area contributed by atoms with Crippen LogP contribution >= 0.6 is 0 Å². The molecule has 0 radical (unpaired) electrons. The second kappa shape index (κ2) is 5.42. The maximum atomic E-state index is 13.3. The zero-order valence-corrected chi connectivity index (χ0v) is 11.7. The number of benzene rings is 1. The molecule has 116 valence electrons. The van der Waals surface area contributed by atoms with E-state index in [0.717, 1.165) is 6.42 Å². The third-order valence-corrected chi connectivity index (χ3v) is 3.99. The predicted molar refractivity (Wildman–Crippen MR) is 74.0 cm³/mol. The average Bonchev–Trinajstić information content (AvgIpc) is 2.93. The highest BCUT2D eigenvalue weighted by Crippen LogP contribution is 2.32. The van der Waals surface area contributed by atoms with Crippen LogP contribution in [0.25, 0.3) is 0 Å². The summed E-state index contributed by atoms with van der Waals surface area (Å²) in [5.74, 6) is -3.02. The molecule has 6 nitrogen and oxygen atoms in total. The third-order valence-electron chi connectivity index (χ3n) is 3.99. The number of hydrogen-bond acceptors (Lipinski definition) is 4. The van der Waals surface area contributed by atoms with Crippen molar-refractivity contribution in [2.75, 3.05) is 6.54 Å². The van der Waals surface area contributed by atoms with Gasteiger partial charge in [-0.2, -0.15) is 0 Å². The van der Waals surface area contributed by atoms with Gasteiger partial charge in [0.15, 0.2) is 5.57 Å². The molecule has 3 rings (SSSR count). The normalized spacial score (nSPS) is 22.1. The molecule has 1 saturated heterocycles. The Hall–Kier alpha value is -2.41. The number of fused-ring (bicyclic) bond motifs is 1. The summed E-state index contributed by atoms with van der Waals surface area (Å²) in [6, 6.07) is 5.30. The van der Waals surface area contributed by atoms with Crippen LogP contribution in [-0.4, -0.2) is 44.7 Å². The Morgan fingerprint density at radius 1 is 1.41 bits per heavy atom. The van der Waals surface area contributed by atoms with E-state index in [1.807, 2.05) is 0 Å². The lowest BCUT2D eigenvalue weighted by atomic mass is 10.0. The van der Waals surface area contributed by atoms with Gasteiger partial charge in [-0.25, -0.2) is 14.2 Å². The zero-order valence-electron chi connectivity index (χ0n) is 11.7. The molecule has 0 bridgehead atoms. The van der Waals surface area contributed by atoms with Crippen LogP contribution in [0, 0.1) is 5.82 Å². The minimum Gasteiger partial charge on any atom is -0.509 e. The molecule has 1 unspecified atom stereocenters. The van der Waals surface area contributed by atoms with E-state index in [1.54, 1.807) is 11.1 Å². The second-order valence-corrected chi connectivity index (χ2v) is 5.38. The molecular weight excluding hydrogens is 291 g/mol. The second-order valence-electron chi connectivity index (χ2n) is 5.38. The summed E-state index contributed by atoms with van der Waals surface area (Å²) in [4.78, 5) is 23.7. The third kappa shape index (κ3) is 2.33. The highest BCUT2D eigenvalue weighted by molar-refractivity contribution is 6.16. The molecule has 2 N–H and O–H groups in total. The molecule has 1 aromatic rings. The van der Waals surface area contributed by atoms with E-state index >= 15 is 0 Å². The number of carboxylic acid groups (broad SMARTS) is 1. The molecule has 2 heterocycles. The van der Waals surface area contributed by atoms with Gasteiger partial charge < -0.3 is 10.2 Å². The van der Waals surface area contributed by atoms with Crippen LogP contribution in [0.2, 0.25) is 0 Å². The maximum absolute atomic E-state index is 13.3. The van der Waals surface area contributed by atoms with Crippen molar-refractivity contribution in [2.24, 2.45) is 0 Å². The first-order valence-electron chi connectivity index (χ1n) is 6.98. The first kappa shape index (κ1) is 14.5. The number of aliphatic hydroxyl groups excluding tert-OH is 1. The fraction of sp³-hybridized carbons (Fsp3) is 0.333. The molecule has 0 aliphatic carbocycles. The van der Waals surface area contributed by atoms with Crippen molar-refractivity contribution in [1.29, 1.82) is 0 Å². The summed E-state index contributed by atoms with van der Waals surface area (Å²) in [7, 11) is 0. The summed E-state index contributed by atoms with van der Waals surface area (Å²) in [5, 5.41) is 22.2. The van der Waals surface area contributed by atoms with Crippen molar-refractivity contribution in [3.63, 3.8) is 0 Å². The van der Waals surface area contributed by atoms with Crippen molar-refractivity contribution in [2.45, 2.75) is 25.4 Å². The molecule has 0 aromatic heterocycles. The maximum Gasteiger partial charge on any atom is 0.344 e. The molecule has 2 aliphatic rings. The van der Waals surface area contributed by atoms with Gasteiger partial charge in [0.2, 0.25) is 0 Å². The summed E-state index contributed by atoms with van der Waals surface area (Å²) in [6.07, 6.45) is 1.32. The predicted octanol–water partition coefficient (Wildman–Crippen LogP) is 1.44. The minimum absolute atomic E-state index is 0.0666. The van der Waals surface area contributed by atoms with E-state index in [2.05, 4.69) is 0 Å². The topological polar surface area (TPSA) is 81.1 Å². The van der Waals surface area contributed by atoms with E-state index in [4.69, 9.17) is 0 Å². The van der Waals surface area contributed by atoms with Crippen LogP contribution in [-0.2, 0) is 16.1 Å². The Morgan fingerprint density at radius 2 is 2.18 bits per heavy atom. The largest absolute Gasteiger partial charge is 0.509 e. The number of hydrogen-bond donors (Lipinski definition) is 2. The van der Waals surface area contributed by atoms with Gasteiger partial charge in [0, 0.05) is 6.54 Å². The van der Waals surface area contributed by atoms with Crippen LogP contribution < -0.4 is 0 Å². The number of nitrogens with zero attached hydrogens (tertiary/aromatic N) is 2. The van der Waals surface area contributed by atoms with E-state index in [9.17, 15) is 24.2 Å². The lowest BCUT2D eigenvalue weighted by Crippen LogP contribution is -2.54. The van der Waals surface area contributed by atoms with Crippen molar-refractivity contribution >= 4 is 11.9 Å². The van der Waals surface area contributed by atoms with Gasteiger partial charge in [-0.05, 0) is 30.5 Å². The van der Waals surface area contributed by atoms with Crippen molar-refractivity contribution in [3.05, 3.63) is 47.0 Å². The van der Waals surface area contributed by atoms with Crippen molar-refractivity contribution < 1.29 is 24.2 Å². The van der Waals surface area contributed by atoms with Gasteiger partial charge in [-0.15, -0.1) is 0 Å². The van der Waals surface area contributed by atoms with Gasteiger partial charge in [0.25, 0.3) is 5.91 Å². The Kier molecular flexibility index (Phi) is 3.58. The fourth-order valence-corrected chi connectivity index (χ4v) is 3.01. The van der Waals surface area contributed by atoms with E-state index in [1.165, 1.54) is 23.2 Å². The Balaban J connectivity index is 1.96. The molecule has 1 amide bonds. The van der Waals surface area contributed by atoms with Crippen LogP contribution in [0.5, 0.6) is 0 Å². The van der Waals surface area contributed by atoms with Crippen LogP contribution in [0.4, 0.5) is 4.39 Å². The highest BCUT2D eigenvalue weighted by atomic mass is 19.1. The Bertz CT molecular complexity index is 673. The number of carboxylic acids is 1. The van der Waals surface area contributed by atoms with Crippen LogP contribution in [0.15, 0.2) is 35.6 Å². The number of hydrazine groups is 1. The summed E-state index contributed by atoms with van der Waals surface area (Å²) < 4.78 is 13.3. The van der Waals surface area contributed by atoms with Gasteiger partial charge in [0.1, 0.15) is 11.6 Å².